The molecule has 1 saturated carbocycles. The van der Waals surface area contributed by atoms with Gasteiger partial charge in [-0.15, -0.1) is 0 Å². The van der Waals surface area contributed by atoms with Crippen LogP contribution in [0.15, 0.2) is 60.7 Å². The van der Waals surface area contributed by atoms with Crippen LogP contribution in [-0.2, 0) is 10.2 Å². The number of benzene rings is 2. The Kier molecular flexibility index (Phi) is 2.75. The van der Waals surface area contributed by atoms with E-state index in [0.717, 1.165) is 12.7 Å². The summed E-state index contributed by atoms with van der Waals surface area (Å²) in [4.78, 5) is 10.8. The van der Waals surface area contributed by atoms with Gasteiger partial charge in [-0.2, -0.15) is 0 Å². The zero-order chi connectivity index (χ0) is 12.4. The van der Waals surface area contributed by atoms with Gasteiger partial charge in [0.1, 0.15) is 6.29 Å². The van der Waals surface area contributed by atoms with Crippen molar-refractivity contribution in [1.29, 1.82) is 0 Å². The maximum atomic E-state index is 10.8. The van der Waals surface area contributed by atoms with Gasteiger partial charge >= 0.3 is 0 Å². The van der Waals surface area contributed by atoms with E-state index in [-0.39, 0.29) is 5.41 Å². The van der Waals surface area contributed by atoms with Gasteiger partial charge in [0, 0.05) is 11.8 Å². The van der Waals surface area contributed by atoms with E-state index in [1.165, 1.54) is 11.1 Å². The van der Waals surface area contributed by atoms with Gasteiger partial charge < -0.3 is 4.79 Å². The summed E-state index contributed by atoms with van der Waals surface area (Å²) >= 11 is 0. The fourth-order valence-electron chi connectivity index (χ4n) is 3.08. The molecule has 0 aliphatic heterocycles. The highest BCUT2D eigenvalue weighted by molar-refractivity contribution is 5.56. The van der Waals surface area contributed by atoms with Gasteiger partial charge in [-0.25, -0.2) is 0 Å². The largest absolute Gasteiger partial charge is 0.303 e. The summed E-state index contributed by atoms with van der Waals surface area (Å²) in [5, 5.41) is 0. The van der Waals surface area contributed by atoms with E-state index in [9.17, 15) is 4.79 Å². The Bertz CT molecular complexity index is 491. The maximum absolute atomic E-state index is 10.8. The average Bonchev–Trinajstić information content (AvgIpc) is 3.17. The van der Waals surface area contributed by atoms with E-state index in [4.69, 9.17) is 0 Å². The van der Waals surface area contributed by atoms with Gasteiger partial charge in [0.25, 0.3) is 0 Å². The van der Waals surface area contributed by atoms with Crippen molar-refractivity contribution in [3.05, 3.63) is 71.8 Å². The molecular formula is C17H16O. The second-order valence-corrected chi connectivity index (χ2v) is 5.01. The minimum absolute atomic E-state index is 0.0728. The normalized spacial score (nSPS) is 20.3. The van der Waals surface area contributed by atoms with Gasteiger partial charge in [-0.3, -0.25) is 0 Å². The fraction of sp³-hybridized carbons (Fsp3) is 0.235. The highest BCUT2D eigenvalue weighted by Gasteiger charge is 2.55. The highest BCUT2D eigenvalue weighted by Crippen LogP contribution is 2.59. The third-order valence-electron chi connectivity index (χ3n) is 4.06. The van der Waals surface area contributed by atoms with Crippen molar-refractivity contribution in [3.63, 3.8) is 0 Å². The molecule has 3 rings (SSSR count). The summed E-state index contributed by atoms with van der Waals surface area (Å²) in [7, 11) is 0. The van der Waals surface area contributed by atoms with Gasteiger partial charge in [0.05, 0.1) is 0 Å². The molecule has 0 amide bonds. The lowest BCUT2D eigenvalue weighted by Crippen LogP contribution is -2.12. The quantitative estimate of drug-likeness (QED) is 0.741. The molecule has 1 heteroatoms. The van der Waals surface area contributed by atoms with Crippen molar-refractivity contribution in [2.45, 2.75) is 18.3 Å². The molecule has 1 unspecified atom stereocenters. The lowest BCUT2D eigenvalue weighted by atomic mass is 9.85. The molecule has 0 heterocycles. The molecule has 1 atom stereocenters. The molecule has 0 aromatic heterocycles. The van der Waals surface area contributed by atoms with Gasteiger partial charge in [-0.1, -0.05) is 60.7 Å². The van der Waals surface area contributed by atoms with Gasteiger partial charge in [-0.05, 0) is 23.5 Å². The topological polar surface area (TPSA) is 17.1 Å². The molecule has 90 valence electrons. The molecule has 1 aliphatic carbocycles. The Morgan fingerprint density at radius 3 is 1.89 bits per heavy atom. The minimum atomic E-state index is 0.0728. The number of carbonyl (C=O) groups is 1. The van der Waals surface area contributed by atoms with Gasteiger partial charge in [0.15, 0.2) is 0 Å². The zero-order valence-corrected chi connectivity index (χ0v) is 10.3. The monoisotopic (exact) mass is 236 g/mol. The molecule has 0 radical (unpaired) electrons. The van der Waals surface area contributed by atoms with Crippen LogP contribution in [-0.4, -0.2) is 6.29 Å². The van der Waals surface area contributed by atoms with Crippen molar-refractivity contribution >= 4 is 6.29 Å². The lowest BCUT2D eigenvalue weighted by Gasteiger charge is -2.18. The third kappa shape index (κ3) is 1.67. The fourth-order valence-corrected chi connectivity index (χ4v) is 3.08. The predicted molar refractivity (Wildman–Crippen MR) is 72.5 cm³/mol. The molecular weight excluding hydrogens is 220 g/mol. The number of rotatable bonds is 4. The number of hydrogen-bond donors (Lipinski definition) is 0. The lowest BCUT2D eigenvalue weighted by molar-refractivity contribution is -0.108. The van der Waals surface area contributed by atoms with E-state index in [2.05, 4.69) is 48.5 Å². The first-order valence-corrected chi connectivity index (χ1v) is 6.42. The highest BCUT2D eigenvalue weighted by atomic mass is 16.1. The van der Waals surface area contributed by atoms with Crippen LogP contribution in [0, 0.1) is 5.92 Å². The first-order valence-electron chi connectivity index (χ1n) is 6.42. The Morgan fingerprint density at radius 1 is 0.944 bits per heavy atom. The van der Waals surface area contributed by atoms with Crippen molar-refractivity contribution in [1.82, 2.24) is 0 Å². The number of carbonyl (C=O) groups excluding carboxylic acids is 1. The first kappa shape index (κ1) is 11.2. The van der Waals surface area contributed by atoms with Crippen molar-refractivity contribution < 1.29 is 4.79 Å². The number of hydrogen-bond acceptors (Lipinski definition) is 1. The van der Waals surface area contributed by atoms with E-state index in [1.807, 2.05) is 12.1 Å². The first-order chi connectivity index (χ1) is 8.88. The van der Waals surface area contributed by atoms with E-state index < -0.39 is 0 Å². The summed E-state index contributed by atoms with van der Waals surface area (Å²) in [5.74, 6) is 0.458. The second-order valence-electron chi connectivity index (χ2n) is 5.01. The molecule has 1 aliphatic rings. The maximum Gasteiger partial charge on any atom is 0.120 e. The summed E-state index contributed by atoms with van der Waals surface area (Å²) in [6, 6.07) is 21.1. The van der Waals surface area contributed by atoms with Crippen LogP contribution in [0.3, 0.4) is 0 Å². The summed E-state index contributed by atoms with van der Waals surface area (Å²) in [5.41, 5.74) is 2.75. The molecule has 1 nitrogen and oxygen atoms in total. The van der Waals surface area contributed by atoms with E-state index in [1.54, 1.807) is 0 Å². The molecule has 2 aromatic rings. The Labute approximate surface area is 107 Å². The van der Waals surface area contributed by atoms with Crippen LogP contribution in [0.5, 0.6) is 0 Å². The van der Waals surface area contributed by atoms with Crippen LogP contribution >= 0.6 is 0 Å². The van der Waals surface area contributed by atoms with Crippen molar-refractivity contribution in [3.8, 4) is 0 Å². The molecule has 1 fully saturated rings. The molecule has 0 spiro atoms. The standard InChI is InChI=1S/C17H16O/c18-12-11-16-13-17(16,14-7-3-1-4-8-14)15-9-5-2-6-10-15/h1-10,12,16H,11,13H2. The third-order valence-corrected chi connectivity index (χ3v) is 4.06. The van der Waals surface area contributed by atoms with Crippen LogP contribution in [0.25, 0.3) is 0 Å². The molecule has 0 saturated heterocycles. The number of aldehydes is 1. The van der Waals surface area contributed by atoms with Gasteiger partial charge in [0.2, 0.25) is 0 Å². The summed E-state index contributed by atoms with van der Waals surface area (Å²) in [6.45, 7) is 0. The minimum Gasteiger partial charge on any atom is -0.303 e. The Balaban J connectivity index is 2.05. The Morgan fingerprint density at radius 2 is 1.44 bits per heavy atom. The average molecular weight is 236 g/mol. The zero-order valence-electron chi connectivity index (χ0n) is 10.3. The van der Waals surface area contributed by atoms with Crippen LogP contribution in [0.1, 0.15) is 24.0 Å². The van der Waals surface area contributed by atoms with Crippen molar-refractivity contribution in [2.24, 2.45) is 5.92 Å². The van der Waals surface area contributed by atoms with Crippen LogP contribution in [0.4, 0.5) is 0 Å². The summed E-state index contributed by atoms with van der Waals surface area (Å²) in [6.07, 6.45) is 2.79. The smallest absolute Gasteiger partial charge is 0.120 e. The SMILES string of the molecule is O=CCC1CC1(c1ccccc1)c1ccccc1. The predicted octanol–water partition coefficient (Wildman–Crippen LogP) is 3.58. The van der Waals surface area contributed by atoms with Crippen LogP contribution < -0.4 is 0 Å². The summed E-state index contributed by atoms with van der Waals surface area (Å²) < 4.78 is 0. The molecule has 0 bridgehead atoms. The second kappa shape index (κ2) is 4.41. The molecule has 2 aromatic carbocycles. The van der Waals surface area contributed by atoms with Crippen molar-refractivity contribution in [2.75, 3.05) is 0 Å². The van der Waals surface area contributed by atoms with E-state index in [0.29, 0.717) is 12.3 Å². The molecule has 0 N–H and O–H groups in total. The Hall–Kier alpha value is -1.89. The van der Waals surface area contributed by atoms with Crippen LogP contribution in [0.2, 0.25) is 0 Å². The van der Waals surface area contributed by atoms with E-state index >= 15 is 0 Å². The molecule has 18 heavy (non-hydrogen) atoms.